The molecule has 2 aliphatic rings. The molecule has 0 radical (unpaired) electrons. The Morgan fingerprint density at radius 3 is 2.68 bits per heavy atom. The van der Waals surface area contributed by atoms with Crippen LogP contribution in [0, 0.1) is 5.92 Å². The molecule has 0 bridgehead atoms. The highest BCUT2D eigenvalue weighted by molar-refractivity contribution is 7.90. The molecule has 140 valence electrons. The van der Waals surface area contributed by atoms with Gasteiger partial charge in [-0.15, -0.1) is 11.3 Å². The summed E-state index contributed by atoms with van der Waals surface area (Å²) in [7, 11) is -3.16. The molecule has 0 spiro atoms. The van der Waals surface area contributed by atoms with E-state index in [1.54, 1.807) is 25.2 Å². The van der Waals surface area contributed by atoms with Crippen molar-refractivity contribution < 1.29 is 8.42 Å². The number of hydrogen-bond acceptors (Lipinski definition) is 5. The van der Waals surface area contributed by atoms with Crippen LogP contribution >= 0.6 is 22.9 Å². The molecule has 1 fully saturated rings. The maximum atomic E-state index is 11.9. The normalized spacial score (nSPS) is 24.1. The topological polar surface area (TPSA) is 71.1 Å². The van der Waals surface area contributed by atoms with Crippen molar-refractivity contribution in [1.29, 1.82) is 0 Å². The van der Waals surface area contributed by atoms with Gasteiger partial charge in [0.05, 0.1) is 10.9 Å². The van der Waals surface area contributed by atoms with Crippen molar-refractivity contribution in [1.82, 2.24) is 9.71 Å². The quantitative estimate of drug-likeness (QED) is 0.753. The van der Waals surface area contributed by atoms with Crippen molar-refractivity contribution in [3.8, 4) is 0 Å². The number of nitrogens with zero attached hydrogens (tertiary/aromatic N) is 1. The first-order chi connectivity index (χ1) is 11.8. The summed E-state index contributed by atoms with van der Waals surface area (Å²) >= 11 is 7.83. The molecule has 0 amide bonds. The summed E-state index contributed by atoms with van der Waals surface area (Å²) in [5.41, 5.74) is 1.01. The van der Waals surface area contributed by atoms with E-state index in [1.165, 1.54) is 4.88 Å². The molecule has 1 aromatic rings. The monoisotopic (exact) mass is 403 g/mol. The molecule has 5 nitrogen and oxygen atoms in total. The maximum absolute atomic E-state index is 11.9. The molecule has 0 aliphatic heterocycles. The summed E-state index contributed by atoms with van der Waals surface area (Å²) in [5, 5.41) is 5.06. The molecule has 0 atom stereocenters. The summed E-state index contributed by atoms with van der Waals surface area (Å²) in [6.45, 7) is 3.97. The number of halogens is 1. The van der Waals surface area contributed by atoms with Gasteiger partial charge in [0.2, 0.25) is 10.0 Å². The molecule has 1 aromatic heterocycles. The van der Waals surface area contributed by atoms with Crippen molar-refractivity contribution in [2.24, 2.45) is 5.92 Å². The fourth-order valence-electron chi connectivity index (χ4n) is 3.26. The minimum Gasteiger partial charge on any atom is -0.359 e. The zero-order valence-electron chi connectivity index (χ0n) is 14.7. The summed E-state index contributed by atoms with van der Waals surface area (Å²) in [6, 6.07) is 0.421. The lowest BCUT2D eigenvalue weighted by atomic mass is 9.86. The zero-order valence-corrected chi connectivity index (χ0v) is 17.1. The van der Waals surface area contributed by atoms with E-state index in [0.29, 0.717) is 18.5 Å². The minimum absolute atomic E-state index is 0.371. The SMILES string of the molecule is CC(C)S(=O)(=O)NCC1CCC(Nc2nc3c(s2)CCC(Cl)=C3)CC1. The second-order valence-corrected chi connectivity index (χ2v) is 11.1. The number of aryl methyl sites for hydroxylation is 1. The number of aromatic nitrogens is 1. The Hall–Kier alpha value is -0.630. The molecule has 1 heterocycles. The van der Waals surface area contributed by atoms with Gasteiger partial charge in [0.1, 0.15) is 0 Å². The highest BCUT2D eigenvalue weighted by Crippen LogP contribution is 2.34. The molecule has 0 saturated heterocycles. The van der Waals surface area contributed by atoms with Crippen LogP contribution in [0.4, 0.5) is 5.13 Å². The molecular weight excluding hydrogens is 378 g/mol. The van der Waals surface area contributed by atoms with Crippen LogP contribution < -0.4 is 10.0 Å². The standard InChI is InChI=1S/C17H26ClN3O2S2/c1-11(2)25(22,23)19-10-12-3-6-14(7-4-12)20-17-21-15-9-13(18)5-8-16(15)24-17/h9,11-12,14,19H,3-8,10H2,1-2H3,(H,20,21). The van der Waals surface area contributed by atoms with Crippen LogP contribution in [0.3, 0.4) is 0 Å². The maximum Gasteiger partial charge on any atom is 0.213 e. The van der Waals surface area contributed by atoms with Crippen LogP contribution in [0.2, 0.25) is 0 Å². The van der Waals surface area contributed by atoms with E-state index >= 15 is 0 Å². The predicted octanol–water partition coefficient (Wildman–Crippen LogP) is 3.97. The molecular formula is C17H26ClN3O2S2. The van der Waals surface area contributed by atoms with Crippen LogP contribution in [0.5, 0.6) is 0 Å². The molecule has 3 rings (SSSR count). The lowest BCUT2D eigenvalue weighted by Gasteiger charge is -2.29. The van der Waals surface area contributed by atoms with Gasteiger partial charge in [-0.3, -0.25) is 0 Å². The Kier molecular flexibility index (Phi) is 6.08. The van der Waals surface area contributed by atoms with Crippen LogP contribution in [0.1, 0.15) is 56.5 Å². The predicted molar refractivity (Wildman–Crippen MR) is 106 cm³/mol. The largest absolute Gasteiger partial charge is 0.359 e. The Morgan fingerprint density at radius 1 is 1.28 bits per heavy atom. The third-order valence-corrected chi connectivity index (χ3v) is 8.15. The Labute approximate surface area is 159 Å². The van der Waals surface area contributed by atoms with Crippen molar-refractivity contribution >= 4 is 44.2 Å². The molecule has 1 saturated carbocycles. The highest BCUT2D eigenvalue weighted by Gasteiger charge is 2.25. The molecule has 2 N–H and O–H groups in total. The van der Waals surface area contributed by atoms with E-state index in [2.05, 4.69) is 15.0 Å². The minimum atomic E-state index is -3.16. The first kappa shape index (κ1) is 19.1. The third-order valence-electron chi connectivity index (χ3n) is 4.98. The van der Waals surface area contributed by atoms with E-state index in [1.807, 2.05) is 6.08 Å². The second kappa shape index (κ2) is 7.94. The molecule has 2 aliphatic carbocycles. The van der Waals surface area contributed by atoms with Gasteiger partial charge >= 0.3 is 0 Å². The Bertz CT molecular complexity index is 735. The van der Waals surface area contributed by atoms with Gasteiger partial charge in [-0.25, -0.2) is 18.1 Å². The first-order valence-electron chi connectivity index (χ1n) is 8.94. The van der Waals surface area contributed by atoms with E-state index in [9.17, 15) is 8.42 Å². The third kappa shape index (κ3) is 4.96. The van der Waals surface area contributed by atoms with Crippen LogP contribution in [-0.2, 0) is 16.4 Å². The number of fused-ring (bicyclic) bond motifs is 1. The smallest absolute Gasteiger partial charge is 0.213 e. The number of nitrogens with one attached hydrogen (secondary N) is 2. The van der Waals surface area contributed by atoms with E-state index < -0.39 is 10.0 Å². The Morgan fingerprint density at radius 2 is 2.00 bits per heavy atom. The number of thiazole rings is 1. The van der Waals surface area contributed by atoms with Gasteiger partial charge in [0.25, 0.3) is 0 Å². The fraction of sp³-hybridized carbons (Fsp3) is 0.706. The molecule has 25 heavy (non-hydrogen) atoms. The number of rotatable bonds is 6. The van der Waals surface area contributed by atoms with Gasteiger partial charge in [-0.2, -0.15) is 0 Å². The van der Waals surface area contributed by atoms with E-state index in [0.717, 1.165) is 54.4 Å². The Balaban J connectivity index is 1.47. The average molecular weight is 404 g/mol. The van der Waals surface area contributed by atoms with Crippen molar-refractivity contribution in [2.45, 2.75) is 63.7 Å². The lowest BCUT2D eigenvalue weighted by molar-refractivity contribution is 0.337. The van der Waals surface area contributed by atoms with Gasteiger partial charge in [0.15, 0.2) is 5.13 Å². The van der Waals surface area contributed by atoms with Gasteiger partial charge < -0.3 is 5.32 Å². The van der Waals surface area contributed by atoms with Gasteiger partial charge in [-0.05, 0) is 64.4 Å². The van der Waals surface area contributed by atoms with Crippen LogP contribution in [0.25, 0.3) is 6.08 Å². The van der Waals surface area contributed by atoms with Crippen molar-refractivity contribution in [3.05, 3.63) is 15.6 Å². The van der Waals surface area contributed by atoms with Crippen molar-refractivity contribution in [3.63, 3.8) is 0 Å². The summed E-state index contributed by atoms with van der Waals surface area (Å²) < 4.78 is 26.5. The number of anilines is 1. The molecule has 0 unspecified atom stereocenters. The van der Waals surface area contributed by atoms with Crippen LogP contribution in [-0.4, -0.2) is 31.2 Å². The first-order valence-corrected chi connectivity index (χ1v) is 11.7. The van der Waals surface area contributed by atoms with E-state index in [-0.39, 0.29) is 5.25 Å². The molecule has 0 aromatic carbocycles. The van der Waals surface area contributed by atoms with Crippen LogP contribution in [0.15, 0.2) is 5.03 Å². The number of sulfonamides is 1. The second-order valence-electron chi connectivity index (χ2n) is 7.22. The lowest BCUT2D eigenvalue weighted by Crippen LogP contribution is -2.37. The number of hydrogen-bond donors (Lipinski definition) is 2. The van der Waals surface area contributed by atoms with E-state index in [4.69, 9.17) is 11.6 Å². The number of allylic oxidation sites excluding steroid dienone is 1. The zero-order chi connectivity index (χ0) is 18.0. The van der Waals surface area contributed by atoms with Gasteiger partial charge in [0, 0.05) is 22.5 Å². The average Bonchev–Trinajstić information content (AvgIpc) is 2.95. The summed E-state index contributed by atoms with van der Waals surface area (Å²) in [5.74, 6) is 0.429. The van der Waals surface area contributed by atoms with Gasteiger partial charge in [-0.1, -0.05) is 11.6 Å². The summed E-state index contributed by atoms with van der Waals surface area (Å²) in [6.07, 6.45) is 8.04. The fourth-order valence-corrected chi connectivity index (χ4v) is 5.27. The summed E-state index contributed by atoms with van der Waals surface area (Å²) in [4.78, 5) is 5.97. The van der Waals surface area contributed by atoms with Crippen molar-refractivity contribution in [2.75, 3.05) is 11.9 Å². The highest BCUT2D eigenvalue weighted by atomic mass is 35.5. The molecule has 8 heteroatoms.